The van der Waals surface area contributed by atoms with Crippen molar-refractivity contribution >= 4 is 40.9 Å². The van der Waals surface area contributed by atoms with Crippen molar-refractivity contribution in [1.82, 2.24) is 9.88 Å². The minimum Gasteiger partial charge on any atom is -0.481 e. The first-order valence-electron chi connectivity index (χ1n) is 6.52. The topological polar surface area (TPSA) is 82.5 Å². The average Bonchev–Trinajstić information content (AvgIpc) is 2.42. The number of rotatable bonds is 4. The van der Waals surface area contributed by atoms with Gasteiger partial charge in [-0.05, 0) is 25.5 Å². The Morgan fingerprint density at radius 1 is 1.48 bits per heavy atom. The van der Waals surface area contributed by atoms with E-state index in [1.54, 1.807) is 0 Å². The summed E-state index contributed by atoms with van der Waals surface area (Å²) in [5, 5.41) is 12.3. The van der Waals surface area contributed by atoms with Crippen LogP contribution in [0.5, 0.6) is 0 Å². The molecule has 1 aromatic heterocycles. The standard InChI is InChI=1S/C13H15Cl2N3O3/c14-9-4-10(15)12(16-5-9)17-11(19)7-18-3-1-2-8(6-18)13(20)21/h4-5,8H,1-3,6-7H2,(H,20,21)(H,16,17,19). The summed E-state index contributed by atoms with van der Waals surface area (Å²) in [5.41, 5.74) is 0. The fourth-order valence-electron chi connectivity index (χ4n) is 2.28. The molecule has 0 aromatic carbocycles. The van der Waals surface area contributed by atoms with E-state index in [1.165, 1.54) is 12.3 Å². The van der Waals surface area contributed by atoms with E-state index in [4.69, 9.17) is 28.3 Å². The molecular weight excluding hydrogens is 317 g/mol. The van der Waals surface area contributed by atoms with E-state index in [0.29, 0.717) is 24.5 Å². The zero-order valence-corrected chi connectivity index (χ0v) is 12.7. The maximum Gasteiger partial charge on any atom is 0.307 e. The van der Waals surface area contributed by atoms with Gasteiger partial charge in [-0.25, -0.2) is 4.98 Å². The molecule has 8 heteroatoms. The van der Waals surface area contributed by atoms with E-state index in [0.717, 1.165) is 6.42 Å². The maximum atomic E-state index is 12.0. The number of pyridine rings is 1. The summed E-state index contributed by atoms with van der Waals surface area (Å²) in [7, 11) is 0. The number of nitrogens with one attached hydrogen (secondary N) is 1. The van der Waals surface area contributed by atoms with Gasteiger partial charge < -0.3 is 10.4 Å². The number of aromatic nitrogens is 1. The number of nitrogens with zero attached hydrogens (tertiary/aromatic N) is 2. The molecule has 0 aliphatic carbocycles. The summed E-state index contributed by atoms with van der Waals surface area (Å²) in [6.45, 7) is 1.20. The quantitative estimate of drug-likeness (QED) is 0.883. The third-order valence-corrected chi connectivity index (χ3v) is 3.78. The Bertz CT molecular complexity index is 553. The molecule has 2 rings (SSSR count). The van der Waals surface area contributed by atoms with Gasteiger partial charge in [-0.2, -0.15) is 0 Å². The molecule has 2 heterocycles. The number of amides is 1. The maximum absolute atomic E-state index is 12.0. The number of hydrogen-bond donors (Lipinski definition) is 2. The fourth-order valence-corrected chi connectivity index (χ4v) is 2.71. The van der Waals surface area contributed by atoms with Gasteiger partial charge in [-0.3, -0.25) is 14.5 Å². The van der Waals surface area contributed by atoms with E-state index in [-0.39, 0.29) is 23.3 Å². The lowest BCUT2D eigenvalue weighted by molar-refractivity contribution is -0.144. The molecule has 1 saturated heterocycles. The number of likely N-dealkylation sites (tertiary alicyclic amines) is 1. The van der Waals surface area contributed by atoms with Gasteiger partial charge in [0.1, 0.15) is 0 Å². The highest BCUT2D eigenvalue weighted by Crippen LogP contribution is 2.22. The second-order valence-electron chi connectivity index (χ2n) is 4.94. The van der Waals surface area contributed by atoms with Gasteiger partial charge in [0, 0.05) is 12.7 Å². The lowest BCUT2D eigenvalue weighted by atomic mass is 9.98. The molecule has 0 saturated carbocycles. The molecule has 1 aliphatic heterocycles. The first-order chi connectivity index (χ1) is 9.95. The summed E-state index contributed by atoms with van der Waals surface area (Å²) in [4.78, 5) is 28.7. The second-order valence-corrected chi connectivity index (χ2v) is 5.79. The number of carbonyl (C=O) groups excluding carboxylic acids is 1. The smallest absolute Gasteiger partial charge is 0.307 e. The normalized spacial score (nSPS) is 19.2. The first kappa shape index (κ1) is 16.0. The SMILES string of the molecule is O=C(CN1CCCC(C(=O)O)C1)Nc1ncc(Cl)cc1Cl. The molecule has 1 fully saturated rings. The number of carboxylic acid groups (broad SMARTS) is 1. The van der Waals surface area contributed by atoms with Crippen LogP contribution >= 0.6 is 23.2 Å². The molecular formula is C13H15Cl2N3O3. The second kappa shape index (κ2) is 7.06. The zero-order valence-electron chi connectivity index (χ0n) is 11.2. The van der Waals surface area contributed by atoms with Crippen molar-refractivity contribution < 1.29 is 14.7 Å². The minimum atomic E-state index is -0.817. The molecule has 1 unspecified atom stereocenters. The Morgan fingerprint density at radius 3 is 2.90 bits per heavy atom. The fraction of sp³-hybridized carbons (Fsp3) is 0.462. The third-order valence-electron chi connectivity index (χ3n) is 3.29. The third kappa shape index (κ3) is 4.56. The van der Waals surface area contributed by atoms with Crippen molar-refractivity contribution in [2.45, 2.75) is 12.8 Å². The highest BCUT2D eigenvalue weighted by atomic mass is 35.5. The number of anilines is 1. The Morgan fingerprint density at radius 2 is 2.24 bits per heavy atom. The number of aliphatic carboxylic acids is 1. The van der Waals surface area contributed by atoms with E-state index >= 15 is 0 Å². The Kier molecular flexibility index (Phi) is 5.39. The van der Waals surface area contributed by atoms with Crippen molar-refractivity contribution in [3.63, 3.8) is 0 Å². The van der Waals surface area contributed by atoms with Gasteiger partial charge in [-0.1, -0.05) is 23.2 Å². The largest absolute Gasteiger partial charge is 0.481 e. The van der Waals surface area contributed by atoms with Gasteiger partial charge in [0.05, 0.1) is 22.5 Å². The van der Waals surface area contributed by atoms with Crippen molar-refractivity contribution in [2.75, 3.05) is 25.0 Å². The van der Waals surface area contributed by atoms with Crippen molar-refractivity contribution in [1.29, 1.82) is 0 Å². The van der Waals surface area contributed by atoms with Gasteiger partial charge >= 0.3 is 5.97 Å². The number of carbonyl (C=O) groups is 2. The number of halogens is 2. The molecule has 1 atom stereocenters. The van der Waals surface area contributed by atoms with Crippen molar-refractivity contribution in [3.8, 4) is 0 Å². The molecule has 0 radical (unpaired) electrons. The highest BCUT2D eigenvalue weighted by molar-refractivity contribution is 6.36. The average molecular weight is 332 g/mol. The van der Waals surface area contributed by atoms with Crippen LogP contribution in [0, 0.1) is 5.92 Å². The van der Waals surface area contributed by atoms with E-state index in [9.17, 15) is 9.59 Å². The predicted octanol–water partition coefficient (Wildman–Crippen LogP) is 2.12. The first-order valence-corrected chi connectivity index (χ1v) is 7.27. The molecule has 1 aliphatic rings. The number of piperidine rings is 1. The Hall–Kier alpha value is -1.37. The Labute approximate surface area is 132 Å². The summed E-state index contributed by atoms with van der Waals surface area (Å²) in [6, 6.07) is 1.49. The van der Waals surface area contributed by atoms with Crippen LogP contribution in [0.1, 0.15) is 12.8 Å². The highest BCUT2D eigenvalue weighted by Gasteiger charge is 2.26. The monoisotopic (exact) mass is 331 g/mol. The van der Waals surface area contributed by atoms with Gasteiger partial charge in [-0.15, -0.1) is 0 Å². The molecule has 1 amide bonds. The minimum absolute atomic E-state index is 0.115. The Balaban J connectivity index is 1.91. The predicted molar refractivity (Wildman–Crippen MR) is 79.7 cm³/mol. The lowest BCUT2D eigenvalue weighted by Crippen LogP contribution is -2.42. The van der Waals surface area contributed by atoms with Crippen molar-refractivity contribution in [2.24, 2.45) is 5.92 Å². The van der Waals surface area contributed by atoms with Gasteiger partial charge in [0.2, 0.25) is 5.91 Å². The van der Waals surface area contributed by atoms with Crippen LogP contribution < -0.4 is 5.32 Å². The molecule has 6 nitrogen and oxygen atoms in total. The summed E-state index contributed by atoms with van der Waals surface area (Å²) in [6.07, 6.45) is 2.81. The van der Waals surface area contributed by atoms with Crippen LogP contribution in [0.15, 0.2) is 12.3 Å². The molecule has 2 N–H and O–H groups in total. The van der Waals surface area contributed by atoms with Crippen LogP contribution in [0.4, 0.5) is 5.82 Å². The van der Waals surface area contributed by atoms with Gasteiger partial charge in [0.15, 0.2) is 5.82 Å². The number of hydrogen-bond acceptors (Lipinski definition) is 4. The molecule has 0 spiro atoms. The van der Waals surface area contributed by atoms with Crippen LogP contribution in [-0.2, 0) is 9.59 Å². The van der Waals surface area contributed by atoms with Crippen LogP contribution in [0.25, 0.3) is 0 Å². The van der Waals surface area contributed by atoms with Crippen LogP contribution in [0.3, 0.4) is 0 Å². The molecule has 21 heavy (non-hydrogen) atoms. The van der Waals surface area contributed by atoms with E-state index in [1.807, 2.05) is 4.90 Å². The molecule has 114 valence electrons. The number of carboxylic acids is 1. The van der Waals surface area contributed by atoms with Crippen LogP contribution in [0.2, 0.25) is 10.0 Å². The van der Waals surface area contributed by atoms with Crippen LogP contribution in [-0.4, -0.2) is 46.5 Å². The molecule has 0 bridgehead atoms. The van der Waals surface area contributed by atoms with E-state index in [2.05, 4.69) is 10.3 Å². The molecule has 1 aromatic rings. The van der Waals surface area contributed by atoms with Gasteiger partial charge in [0.25, 0.3) is 0 Å². The van der Waals surface area contributed by atoms with E-state index < -0.39 is 11.9 Å². The summed E-state index contributed by atoms with van der Waals surface area (Å²) < 4.78 is 0. The van der Waals surface area contributed by atoms with Crippen molar-refractivity contribution in [3.05, 3.63) is 22.3 Å². The summed E-state index contributed by atoms with van der Waals surface area (Å²) in [5.74, 6) is -1.26. The lowest BCUT2D eigenvalue weighted by Gasteiger charge is -2.29. The zero-order chi connectivity index (χ0) is 15.4. The summed E-state index contributed by atoms with van der Waals surface area (Å²) >= 11 is 11.7.